The van der Waals surface area contributed by atoms with Gasteiger partial charge in [-0.15, -0.1) is 0 Å². The van der Waals surface area contributed by atoms with Crippen LogP contribution < -0.4 is 0 Å². The van der Waals surface area contributed by atoms with Gasteiger partial charge in [-0.1, -0.05) is 35.9 Å². The summed E-state index contributed by atoms with van der Waals surface area (Å²) in [6.07, 6.45) is 1.61. The lowest BCUT2D eigenvalue weighted by Gasteiger charge is -2.06. The van der Waals surface area contributed by atoms with E-state index < -0.39 is 0 Å². The molecular weight excluding hydrogens is 249 g/mol. The van der Waals surface area contributed by atoms with Gasteiger partial charge in [0.05, 0.1) is 10.7 Å². The van der Waals surface area contributed by atoms with Crippen LogP contribution in [-0.2, 0) is 0 Å². The van der Waals surface area contributed by atoms with Crippen molar-refractivity contribution in [1.29, 1.82) is 0 Å². The number of hydrogen-bond acceptors (Lipinski definition) is 1. The number of fused-ring (bicyclic) bond motifs is 1. The fraction of sp³-hybridized carbons (Fsp3) is 0. The highest BCUT2D eigenvalue weighted by Crippen LogP contribution is 2.30. The van der Waals surface area contributed by atoms with Crippen molar-refractivity contribution in [2.45, 2.75) is 0 Å². The Hall–Kier alpha value is -1.93. The highest BCUT2D eigenvalue weighted by atomic mass is 35.5. The first-order valence-corrected chi connectivity index (χ1v) is 5.93. The van der Waals surface area contributed by atoms with E-state index >= 15 is 0 Å². The number of aromatic nitrogens is 1. The molecule has 3 rings (SSSR count). The zero-order valence-electron chi connectivity index (χ0n) is 9.40. The maximum Gasteiger partial charge on any atom is 0.133 e. The van der Waals surface area contributed by atoms with Crippen LogP contribution in [0.2, 0.25) is 5.02 Å². The monoisotopic (exact) mass is 257 g/mol. The van der Waals surface area contributed by atoms with E-state index in [1.54, 1.807) is 24.4 Å². The van der Waals surface area contributed by atoms with Crippen molar-refractivity contribution >= 4 is 22.4 Å². The summed E-state index contributed by atoms with van der Waals surface area (Å²) >= 11 is 6.05. The van der Waals surface area contributed by atoms with Crippen LogP contribution in [0.5, 0.6) is 0 Å². The van der Waals surface area contributed by atoms with E-state index in [0.29, 0.717) is 16.3 Å². The van der Waals surface area contributed by atoms with Crippen molar-refractivity contribution in [3.8, 4) is 11.3 Å². The van der Waals surface area contributed by atoms with E-state index in [2.05, 4.69) is 4.98 Å². The number of benzene rings is 2. The second kappa shape index (κ2) is 4.39. The smallest absolute Gasteiger partial charge is 0.133 e. The lowest BCUT2D eigenvalue weighted by Crippen LogP contribution is -1.89. The van der Waals surface area contributed by atoms with Crippen LogP contribution in [-0.4, -0.2) is 4.98 Å². The molecule has 0 spiro atoms. The molecule has 0 bridgehead atoms. The minimum atomic E-state index is -0.311. The van der Waals surface area contributed by atoms with Gasteiger partial charge in [-0.3, -0.25) is 4.98 Å². The van der Waals surface area contributed by atoms with Gasteiger partial charge in [-0.05, 0) is 35.0 Å². The van der Waals surface area contributed by atoms with Crippen LogP contribution in [0.4, 0.5) is 4.39 Å². The number of hydrogen-bond donors (Lipinski definition) is 0. The van der Waals surface area contributed by atoms with E-state index in [4.69, 9.17) is 11.6 Å². The topological polar surface area (TPSA) is 12.9 Å². The lowest BCUT2D eigenvalue weighted by atomic mass is 10.0. The molecule has 0 N–H and O–H groups in total. The maximum atomic E-state index is 14.1. The van der Waals surface area contributed by atoms with Crippen molar-refractivity contribution < 1.29 is 4.39 Å². The predicted molar refractivity (Wildman–Crippen MR) is 72.1 cm³/mol. The Balaban J connectivity index is 2.30. The van der Waals surface area contributed by atoms with Crippen LogP contribution in [0, 0.1) is 5.82 Å². The molecule has 0 aliphatic heterocycles. The number of rotatable bonds is 1. The number of pyridine rings is 1. The SMILES string of the molecule is Fc1cc2ccccc2cc1-c1ncccc1Cl. The van der Waals surface area contributed by atoms with E-state index in [0.717, 1.165) is 10.8 Å². The summed E-state index contributed by atoms with van der Waals surface area (Å²) in [6.45, 7) is 0. The summed E-state index contributed by atoms with van der Waals surface area (Å²) in [5, 5.41) is 2.29. The zero-order chi connectivity index (χ0) is 12.5. The first-order valence-electron chi connectivity index (χ1n) is 5.55. The van der Waals surface area contributed by atoms with Gasteiger partial charge in [0, 0.05) is 11.8 Å². The summed E-state index contributed by atoms with van der Waals surface area (Å²) < 4.78 is 14.1. The van der Waals surface area contributed by atoms with Crippen LogP contribution in [0.25, 0.3) is 22.0 Å². The summed E-state index contributed by atoms with van der Waals surface area (Å²) in [6, 6.07) is 14.3. The van der Waals surface area contributed by atoms with Crippen LogP contribution >= 0.6 is 11.6 Å². The van der Waals surface area contributed by atoms with E-state index in [1.807, 2.05) is 24.3 Å². The van der Waals surface area contributed by atoms with Crippen molar-refractivity contribution in [1.82, 2.24) is 4.98 Å². The van der Waals surface area contributed by atoms with Crippen molar-refractivity contribution in [2.75, 3.05) is 0 Å². The summed E-state index contributed by atoms with van der Waals surface area (Å²) in [5.74, 6) is -0.311. The molecule has 0 saturated carbocycles. The number of nitrogens with zero attached hydrogens (tertiary/aromatic N) is 1. The Morgan fingerprint density at radius 3 is 2.39 bits per heavy atom. The molecule has 0 radical (unpaired) electrons. The summed E-state index contributed by atoms with van der Waals surface area (Å²) in [4.78, 5) is 4.14. The van der Waals surface area contributed by atoms with E-state index in [-0.39, 0.29) is 5.82 Å². The van der Waals surface area contributed by atoms with Gasteiger partial charge >= 0.3 is 0 Å². The van der Waals surface area contributed by atoms with Crippen molar-refractivity contribution in [3.63, 3.8) is 0 Å². The zero-order valence-corrected chi connectivity index (χ0v) is 10.2. The summed E-state index contributed by atoms with van der Waals surface area (Å²) in [7, 11) is 0. The Morgan fingerprint density at radius 2 is 1.67 bits per heavy atom. The fourth-order valence-corrected chi connectivity index (χ4v) is 2.20. The molecule has 2 aromatic carbocycles. The Kier molecular flexibility index (Phi) is 2.73. The first kappa shape index (κ1) is 11.2. The molecule has 1 heterocycles. The van der Waals surface area contributed by atoms with Gasteiger partial charge in [0.25, 0.3) is 0 Å². The summed E-state index contributed by atoms with van der Waals surface area (Å²) in [5.41, 5.74) is 0.904. The lowest BCUT2D eigenvalue weighted by molar-refractivity contribution is 0.632. The minimum Gasteiger partial charge on any atom is -0.255 e. The van der Waals surface area contributed by atoms with Crippen LogP contribution in [0.3, 0.4) is 0 Å². The molecule has 0 unspecified atom stereocenters. The molecule has 0 amide bonds. The predicted octanol–water partition coefficient (Wildman–Crippen LogP) is 4.69. The second-order valence-electron chi connectivity index (χ2n) is 4.01. The Morgan fingerprint density at radius 1 is 0.944 bits per heavy atom. The third-order valence-corrected chi connectivity index (χ3v) is 3.15. The highest BCUT2D eigenvalue weighted by Gasteiger charge is 2.11. The van der Waals surface area contributed by atoms with Gasteiger partial charge in [-0.2, -0.15) is 0 Å². The average Bonchev–Trinajstić information content (AvgIpc) is 2.39. The molecule has 0 aliphatic rings. The molecule has 0 saturated heterocycles. The third-order valence-electron chi connectivity index (χ3n) is 2.85. The van der Waals surface area contributed by atoms with Gasteiger partial charge in [0.15, 0.2) is 0 Å². The number of halogens is 2. The fourth-order valence-electron chi connectivity index (χ4n) is 1.98. The highest BCUT2D eigenvalue weighted by molar-refractivity contribution is 6.33. The maximum absolute atomic E-state index is 14.1. The average molecular weight is 258 g/mol. The standard InChI is InChI=1S/C15H9ClFN/c16-13-6-3-7-18-15(13)12-8-10-4-1-2-5-11(10)9-14(12)17/h1-9H. The van der Waals surface area contributed by atoms with Gasteiger partial charge in [0.1, 0.15) is 5.82 Å². The van der Waals surface area contributed by atoms with E-state index in [1.165, 1.54) is 6.07 Å². The van der Waals surface area contributed by atoms with Crippen LogP contribution in [0.1, 0.15) is 0 Å². The Labute approximate surface area is 109 Å². The molecule has 1 aromatic heterocycles. The molecule has 18 heavy (non-hydrogen) atoms. The largest absolute Gasteiger partial charge is 0.255 e. The van der Waals surface area contributed by atoms with Crippen molar-refractivity contribution in [2.24, 2.45) is 0 Å². The second-order valence-corrected chi connectivity index (χ2v) is 4.42. The first-order chi connectivity index (χ1) is 8.75. The quantitative estimate of drug-likeness (QED) is 0.616. The van der Waals surface area contributed by atoms with Gasteiger partial charge < -0.3 is 0 Å². The molecule has 0 aliphatic carbocycles. The molecule has 3 heteroatoms. The van der Waals surface area contributed by atoms with Gasteiger partial charge in [0.2, 0.25) is 0 Å². The van der Waals surface area contributed by atoms with Crippen LogP contribution in [0.15, 0.2) is 54.7 Å². The van der Waals surface area contributed by atoms with Crippen molar-refractivity contribution in [3.05, 3.63) is 65.6 Å². The molecular formula is C15H9ClFN. The minimum absolute atomic E-state index is 0.311. The van der Waals surface area contributed by atoms with E-state index in [9.17, 15) is 4.39 Å². The normalized spacial score (nSPS) is 10.8. The third kappa shape index (κ3) is 1.85. The molecule has 88 valence electrons. The molecule has 3 aromatic rings. The Bertz CT molecular complexity index is 725. The molecule has 1 nitrogen and oxygen atoms in total. The van der Waals surface area contributed by atoms with Gasteiger partial charge in [-0.25, -0.2) is 4.39 Å². The molecule has 0 atom stereocenters. The molecule has 0 fully saturated rings.